The highest BCUT2D eigenvalue weighted by molar-refractivity contribution is 8.00. The van der Waals surface area contributed by atoms with Gasteiger partial charge in [-0.3, -0.25) is 14.4 Å². The summed E-state index contributed by atoms with van der Waals surface area (Å²) in [7, 11) is 0. The van der Waals surface area contributed by atoms with E-state index in [-0.39, 0.29) is 24.1 Å². The highest BCUT2D eigenvalue weighted by Gasteiger charge is 2.40. The van der Waals surface area contributed by atoms with Crippen LogP contribution >= 0.6 is 11.8 Å². The average Bonchev–Trinajstić information content (AvgIpc) is 3.04. The maximum atomic E-state index is 12.8. The van der Waals surface area contributed by atoms with Gasteiger partial charge < -0.3 is 5.32 Å². The predicted octanol–water partition coefficient (Wildman–Crippen LogP) is 4.60. The fourth-order valence-electron chi connectivity index (χ4n) is 3.43. The Bertz CT molecular complexity index is 1100. The lowest BCUT2D eigenvalue weighted by atomic mass is 10.1. The number of nitrogens with zero attached hydrogens (tertiary/aromatic N) is 1. The highest BCUT2D eigenvalue weighted by atomic mass is 32.2. The minimum absolute atomic E-state index is 0.0862. The quantitative estimate of drug-likeness (QED) is 0.581. The maximum Gasteiger partial charge on any atom is 0.247 e. The summed E-state index contributed by atoms with van der Waals surface area (Å²) in [5, 5.41) is 2.43. The molecule has 0 unspecified atom stereocenters. The largest absolute Gasteiger partial charge is 0.326 e. The van der Waals surface area contributed by atoms with Gasteiger partial charge in [-0.1, -0.05) is 48.0 Å². The van der Waals surface area contributed by atoms with Crippen LogP contribution in [0.25, 0.3) is 0 Å². The molecule has 3 aromatic carbocycles. The van der Waals surface area contributed by atoms with Crippen LogP contribution in [0.2, 0.25) is 0 Å². The summed E-state index contributed by atoms with van der Waals surface area (Å²) in [6.07, 6.45) is 0.484. The highest BCUT2D eigenvalue weighted by Crippen LogP contribution is 2.34. The van der Waals surface area contributed by atoms with E-state index in [4.69, 9.17) is 0 Å². The van der Waals surface area contributed by atoms with Gasteiger partial charge in [0, 0.05) is 17.0 Å². The molecule has 1 aliphatic rings. The molecular weight excluding hydrogens is 408 g/mol. The molecule has 0 aliphatic carbocycles. The fraction of sp³-hybridized carbons (Fsp3) is 0.160. The van der Waals surface area contributed by atoms with Crippen molar-refractivity contribution in [3.05, 3.63) is 90.0 Å². The van der Waals surface area contributed by atoms with Crippen molar-refractivity contribution < 1.29 is 14.4 Å². The second kappa shape index (κ2) is 9.18. The molecule has 1 fully saturated rings. The Balaban J connectivity index is 1.36. The van der Waals surface area contributed by atoms with Gasteiger partial charge in [-0.15, -0.1) is 11.8 Å². The second-order valence-corrected chi connectivity index (χ2v) is 8.72. The number of benzene rings is 3. The maximum absolute atomic E-state index is 12.8. The molecule has 0 spiro atoms. The minimum atomic E-state index is -0.452. The van der Waals surface area contributed by atoms with Gasteiger partial charge in [0.25, 0.3) is 0 Å². The number of rotatable bonds is 6. The molecule has 5 nitrogen and oxygen atoms in total. The van der Waals surface area contributed by atoms with Gasteiger partial charge in [-0.25, -0.2) is 4.90 Å². The lowest BCUT2D eigenvalue weighted by molar-refractivity contribution is -0.121. The van der Waals surface area contributed by atoms with Crippen LogP contribution in [0.1, 0.15) is 17.5 Å². The number of nitrogens with one attached hydrogen (secondary N) is 1. The van der Waals surface area contributed by atoms with Crippen LogP contribution in [0.3, 0.4) is 0 Å². The van der Waals surface area contributed by atoms with E-state index in [1.807, 2.05) is 73.7 Å². The topological polar surface area (TPSA) is 66.5 Å². The van der Waals surface area contributed by atoms with Crippen LogP contribution in [-0.4, -0.2) is 23.0 Å². The van der Waals surface area contributed by atoms with Crippen molar-refractivity contribution >= 4 is 40.9 Å². The first-order valence-corrected chi connectivity index (χ1v) is 10.9. The summed E-state index contributed by atoms with van der Waals surface area (Å²) >= 11 is 1.37. The van der Waals surface area contributed by atoms with Gasteiger partial charge in [-0.05, 0) is 48.9 Å². The molecule has 1 N–H and O–H groups in total. The summed E-state index contributed by atoms with van der Waals surface area (Å²) in [6.45, 7) is 1.96. The van der Waals surface area contributed by atoms with Gasteiger partial charge in [-0.2, -0.15) is 0 Å². The van der Waals surface area contributed by atoms with Crippen LogP contribution in [-0.2, 0) is 20.8 Å². The lowest BCUT2D eigenvalue weighted by Gasteiger charge is -2.15. The summed E-state index contributed by atoms with van der Waals surface area (Å²) in [5.41, 5.74) is 3.33. The Morgan fingerprint density at radius 3 is 2.32 bits per heavy atom. The third kappa shape index (κ3) is 5.03. The Morgan fingerprint density at radius 1 is 0.968 bits per heavy atom. The second-order valence-electron chi connectivity index (χ2n) is 7.45. The van der Waals surface area contributed by atoms with Crippen LogP contribution in [0, 0.1) is 6.92 Å². The number of amides is 3. The molecule has 1 saturated heterocycles. The van der Waals surface area contributed by atoms with Crippen LogP contribution < -0.4 is 10.2 Å². The number of hydrogen-bond donors (Lipinski definition) is 1. The Morgan fingerprint density at radius 2 is 1.65 bits per heavy atom. The first kappa shape index (κ1) is 20.9. The minimum Gasteiger partial charge on any atom is -0.326 e. The van der Waals surface area contributed by atoms with E-state index >= 15 is 0 Å². The van der Waals surface area contributed by atoms with E-state index in [9.17, 15) is 14.4 Å². The van der Waals surface area contributed by atoms with Gasteiger partial charge in [0.05, 0.1) is 17.4 Å². The van der Waals surface area contributed by atoms with Crippen molar-refractivity contribution in [3.63, 3.8) is 0 Å². The number of aryl methyl sites for hydroxylation is 1. The summed E-state index contributed by atoms with van der Waals surface area (Å²) < 4.78 is 0. The zero-order chi connectivity index (χ0) is 21.8. The number of carbonyl (C=O) groups excluding carboxylic acids is 3. The van der Waals surface area contributed by atoms with Crippen molar-refractivity contribution in [1.29, 1.82) is 0 Å². The van der Waals surface area contributed by atoms with Gasteiger partial charge in [0.1, 0.15) is 0 Å². The predicted molar refractivity (Wildman–Crippen MR) is 123 cm³/mol. The molecule has 156 valence electrons. The molecule has 0 radical (unpaired) electrons. The number of imide groups is 1. The Kier molecular flexibility index (Phi) is 6.18. The summed E-state index contributed by atoms with van der Waals surface area (Å²) in [6, 6.07) is 24.3. The molecule has 31 heavy (non-hydrogen) atoms. The first-order chi connectivity index (χ1) is 15.0. The molecule has 1 heterocycles. The van der Waals surface area contributed by atoms with Gasteiger partial charge in [0.15, 0.2) is 0 Å². The first-order valence-electron chi connectivity index (χ1n) is 10.0. The number of hydrogen-bond acceptors (Lipinski definition) is 4. The van der Waals surface area contributed by atoms with E-state index < -0.39 is 5.25 Å². The van der Waals surface area contributed by atoms with Crippen molar-refractivity contribution in [2.75, 3.05) is 10.2 Å². The van der Waals surface area contributed by atoms with Crippen LogP contribution in [0.15, 0.2) is 83.8 Å². The van der Waals surface area contributed by atoms with E-state index in [0.717, 1.165) is 16.0 Å². The molecule has 4 rings (SSSR count). The summed E-state index contributed by atoms with van der Waals surface area (Å²) in [5.74, 6) is -0.466. The molecule has 0 aromatic heterocycles. The van der Waals surface area contributed by atoms with E-state index in [0.29, 0.717) is 17.8 Å². The molecule has 6 heteroatoms. The van der Waals surface area contributed by atoms with Crippen molar-refractivity contribution in [1.82, 2.24) is 0 Å². The van der Waals surface area contributed by atoms with Crippen molar-refractivity contribution in [3.8, 4) is 0 Å². The zero-order valence-corrected chi connectivity index (χ0v) is 17.9. The Hall–Kier alpha value is -3.38. The molecule has 3 amide bonds. The molecular formula is C25H22N2O3S. The fourth-order valence-corrected chi connectivity index (χ4v) is 4.48. The third-order valence-corrected chi connectivity index (χ3v) is 6.22. The zero-order valence-electron chi connectivity index (χ0n) is 17.1. The van der Waals surface area contributed by atoms with Gasteiger partial charge in [0.2, 0.25) is 17.7 Å². The molecule has 0 bridgehead atoms. The smallest absolute Gasteiger partial charge is 0.247 e. The summed E-state index contributed by atoms with van der Waals surface area (Å²) in [4.78, 5) is 39.6. The molecule has 0 saturated carbocycles. The number of thioether (sulfide) groups is 1. The lowest BCUT2D eigenvalue weighted by Crippen LogP contribution is -2.31. The van der Waals surface area contributed by atoms with E-state index in [2.05, 4.69) is 5.32 Å². The molecule has 3 aromatic rings. The third-order valence-electron chi connectivity index (χ3n) is 5.02. The average molecular weight is 431 g/mol. The van der Waals surface area contributed by atoms with Crippen LogP contribution in [0.4, 0.5) is 11.4 Å². The standard InChI is InChI=1S/C25H22N2O3S/c1-17-7-11-20(12-8-17)27-24(29)16-22(25(27)30)31-21-13-9-19(10-14-21)26-23(28)15-18-5-3-2-4-6-18/h2-14,22H,15-16H2,1H3,(H,26,28)/t22-/m0/s1. The van der Waals surface area contributed by atoms with E-state index in [1.165, 1.54) is 16.7 Å². The molecule has 1 aliphatic heterocycles. The normalized spacial score (nSPS) is 15.9. The number of carbonyl (C=O) groups is 3. The molecule has 1 atom stereocenters. The Labute approximate surface area is 185 Å². The monoisotopic (exact) mass is 430 g/mol. The van der Waals surface area contributed by atoms with Crippen molar-refractivity contribution in [2.24, 2.45) is 0 Å². The van der Waals surface area contributed by atoms with Gasteiger partial charge >= 0.3 is 0 Å². The SMILES string of the molecule is Cc1ccc(N2C(=O)C[C@H](Sc3ccc(NC(=O)Cc4ccccc4)cc3)C2=O)cc1. The van der Waals surface area contributed by atoms with Crippen LogP contribution in [0.5, 0.6) is 0 Å². The number of anilines is 2. The van der Waals surface area contributed by atoms with Crippen molar-refractivity contribution in [2.45, 2.75) is 29.9 Å². The van der Waals surface area contributed by atoms with E-state index in [1.54, 1.807) is 12.1 Å².